The summed E-state index contributed by atoms with van der Waals surface area (Å²) >= 11 is 6.46. The van der Waals surface area contributed by atoms with Gasteiger partial charge in [-0.15, -0.1) is 0 Å². The Morgan fingerprint density at radius 1 is 1.16 bits per heavy atom. The first kappa shape index (κ1) is 23.4. The van der Waals surface area contributed by atoms with Crippen LogP contribution in [0.2, 0.25) is 5.02 Å². The zero-order chi connectivity index (χ0) is 23.0. The molecule has 3 aromatic rings. The second-order valence-electron chi connectivity index (χ2n) is 7.06. The number of aromatic nitrogens is 1. The number of rotatable bonds is 6. The standard InChI is InChI=1S/C21H19ClF4N2O2S/c1-11-6-7-12-15(27-11)4-3-5-16(12)28-19(20(30,10-31-2)21(24,25)26)13-8-9-14(22)18(29)17(13)23/h3-9,19,28-30H,10H2,1-2H3. The Bertz CT molecular complexity index is 1110. The van der Waals surface area contributed by atoms with E-state index in [4.69, 9.17) is 11.6 Å². The van der Waals surface area contributed by atoms with E-state index in [0.717, 1.165) is 23.9 Å². The molecule has 0 saturated heterocycles. The van der Waals surface area contributed by atoms with Crippen molar-refractivity contribution < 1.29 is 27.8 Å². The van der Waals surface area contributed by atoms with Gasteiger partial charge in [0.05, 0.1) is 16.6 Å². The number of fused-ring (bicyclic) bond motifs is 1. The van der Waals surface area contributed by atoms with Crippen LogP contribution < -0.4 is 5.32 Å². The third-order valence-electron chi connectivity index (χ3n) is 4.91. The molecule has 0 aliphatic carbocycles. The molecule has 0 aliphatic heterocycles. The number of nitrogens with one attached hydrogen (secondary N) is 1. The highest BCUT2D eigenvalue weighted by atomic mass is 35.5. The smallest absolute Gasteiger partial charge is 0.420 e. The third kappa shape index (κ3) is 4.40. The predicted molar refractivity (Wildman–Crippen MR) is 115 cm³/mol. The van der Waals surface area contributed by atoms with Crippen molar-refractivity contribution in [1.29, 1.82) is 0 Å². The van der Waals surface area contributed by atoms with Gasteiger partial charge in [0.1, 0.15) is 0 Å². The highest BCUT2D eigenvalue weighted by Crippen LogP contribution is 2.46. The van der Waals surface area contributed by atoms with Crippen molar-refractivity contribution in [2.45, 2.75) is 24.7 Å². The van der Waals surface area contributed by atoms with Crippen LogP contribution in [0.15, 0.2) is 42.5 Å². The SMILES string of the molecule is CSCC(O)(C(Nc1cccc2nc(C)ccc12)c1ccc(Cl)c(O)c1F)C(F)(F)F. The zero-order valence-corrected chi connectivity index (χ0v) is 18.0. The second kappa shape index (κ2) is 8.72. The largest absolute Gasteiger partial charge is 0.504 e. The summed E-state index contributed by atoms with van der Waals surface area (Å²) in [6.07, 6.45) is -3.72. The fourth-order valence-electron chi connectivity index (χ4n) is 3.32. The fraction of sp³-hybridized carbons (Fsp3) is 0.286. The summed E-state index contributed by atoms with van der Waals surface area (Å²) in [4.78, 5) is 4.35. The van der Waals surface area contributed by atoms with Crippen LogP contribution in [0.25, 0.3) is 10.9 Å². The highest BCUT2D eigenvalue weighted by molar-refractivity contribution is 7.98. The van der Waals surface area contributed by atoms with Gasteiger partial charge >= 0.3 is 6.18 Å². The minimum absolute atomic E-state index is 0.215. The van der Waals surface area contributed by atoms with Gasteiger partial charge in [-0.05, 0) is 43.5 Å². The van der Waals surface area contributed by atoms with Crippen molar-refractivity contribution in [2.75, 3.05) is 17.3 Å². The Kier molecular flexibility index (Phi) is 6.59. The second-order valence-corrected chi connectivity index (χ2v) is 8.33. The molecule has 0 amide bonds. The van der Waals surface area contributed by atoms with Gasteiger partial charge in [-0.25, -0.2) is 4.39 Å². The molecule has 0 aliphatic rings. The summed E-state index contributed by atoms with van der Waals surface area (Å²) in [5.74, 6) is -3.11. The Morgan fingerprint density at radius 2 is 1.87 bits per heavy atom. The number of anilines is 1. The quantitative estimate of drug-likeness (QED) is 0.391. The van der Waals surface area contributed by atoms with Crippen LogP contribution in [0.5, 0.6) is 5.75 Å². The van der Waals surface area contributed by atoms with Gasteiger partial charge in [0, 0.05) is 28.1 Å². The van der Waals surface area contributed by atoms with Crippen molar-refractivity contribution in [2.24, 2.45) is 0 Å². The van der Waals surface area contributed by atoms with Crippen molar-refractivity contribution in [3.8, 4) is 5.75 Å². The lowest BCUT2D eigenvalue weighted by molar-refractivity contribution is -0.256. The van der Waals surface area contributed by atoms with Gasteiger partial charge in [0.2, 0.25) is 0 Å². The summed E-state index contributed by atoms with van der Waals surface area (Å²) in [5.41, 5.74) is -2.50. The van der Waals surface area contributed by atoms with E-state index in [1.54, 1.807) is 31.2 Å². The van der Waals surface area contributed by atoms with Gasteiger partial charge in [0.25, 0.3) is 0 Å². The molecule has 0 saturated carbocycles. The molecule has 2 unspecified atom stereocenters. The molecule has 1 aromatic heterocycles. The average Bonchev–Trinajstić information content (AvgIpc) is 2.70. The molecule has 10 heteroatoms. The number of phenols is 1. The van der Waals surface area contributed by atoms with E-state index in [1.807, 2.05) is 0 Å². The van der Waals surface area contributed by atoms with Gasteiger partial charge in [-0.2, -0.15) is 24.9 Å². The number of aliphatic hydroxyl groups is 1. The summed E-state index contributed by atoms with van der Waals surface area (Å²) in [6.45, 7) is 1.77. The van der Waals surface area contributed by atoms with Crippen molar-refractivity contribution in [3.63, 3.8) is 0 Å². The first-order valence-corrected chi connectivity index (χ1v) is 10.8. The number of thioether (sulfide) groups is 1. The molecule has 0 bridgehead atoms. The summed E-state index contributed by atoms with van der Waals surface area (Å²) in [5, 5.41) is 23.5. The van der Waals surface area contributed by atoms with E-state index in [1.165, 1.54) is 12.3 Å². The van der Waals surface area contributed by atoms with Crippen LogP contribution >= 0.6 is 23.4 Å². The number of aryl methyl sites for hydroxylation is 1. The van der Waals surface area contributed by atoms with E-state index < -0.39 is 40.7 Å². The van der Waals surface area contributed by atoms with Crippen LogP contribution in [0, 0.1) is 12.7 Å². The van der Waals surface area contributed by atoms with E-state index >= 15 is 0 Å². The Morgan fingerprint density at radius 3 is 2.52 bits per heavy atom. The summed E-state index contributed by atoms with van der Waals surface area (Å²) in [6, 6.07) is 8.25. The maximum absolute atomic E-state index is 14.9. The van der Waals surface area contributed by atoms with Crippen molar-refractivity contribution in [1.82, 2.24) is 4.98 Å². The molecule has 3 rings (SSSR count). The van der Waals surface area contributed by atoms with E-state index in [9.17, 15) is 27.8 Å². The predicted octanol–water partition coefficient (Wildman–Crippen LogP) is 5.85. The summed E-state index contributed by atoms with van der Waals surface area (Å²) in [7, 11) is 0. The molecule has 4 nitrogen and oxygen atoms in total. The monoisotopic (exact) mass is 474 g/mol. The van der Waals surface area contributed by atoms with Crippen LogP contribution in [0.1, 0.15) is 17.3 Å². The number of nitrogens with zero attached hydrogens (tertiary/aromatic N) is 1. The van der Waals surface area contributed by atoms with Crippen LogP contribution in [0.3, 0.4) is 0 Å². The minimum Gasteiger partial charge on any atom is -0.504 e. The Labute approximate surface area is 185 Å². The van der Waals surface area contributed by atoms with Crippen molar-refractivity contribution in [3.05, 3.63) is 64.6 Å². The molecule has 0 spiro atoms. The minimum atomic E-state index is -5.12. The Hall–Kier alpha value is -2.23. The molecule has 1 heterocycles. The van der Waals surface area contributed by atoms with E-state index in [0.29, 0.717) is 16.6 Å². The maximum Gasteiger partial charge on any atom is 0.420 e. The van der Waals surface area contributed by atoms with Gasteiger partial charge < -0.3 is 15.5 Å². The molecule has 2 atom stereocenters. The number of phenolic OH excluding ortho intramolecular Hbond substituents is 1. The number of halogens is 5. The lowest BCUT2D eigenvalue weighted by atomic mass is 9.88. The molecular weight excluding hydrogens is 456 g/mol. The zero-order valence-electron chi connectivity index (χ0n) is 16.5. The lowest BCUT2D eigenvalue weighted by Gasteiger charge is -2.38. The first-order valence-electron chi connectivity index (χ1n) is 9.07. The fourth-order valence-corrected chi connectivity index (χ4v) is 4.24. The van der Waals surface area contributed by atoms with Crippen LogP contribution in [0.4, 0.5) is 23.2 Å². The van der Waals surface area contributed by atoms with E-state index in [-0.39, 0.29) is 10.7 Å². The van der Waals surface area contributed by atoms with E-state index in [2.05, 4.69) is 10.3 Å². The molecule has 166 valence electrons. The molecule has 2 aromatic carbocycles. The maximum atomic E-state index is 14.9. The van der Waals surface area contributed by atoms with Crippen molar-refractivity contribution >= 4 is 40.0 Å². The number of benzene rings is 2. The number of hydrogen-bond donors (Lipinski definition) is 3. The number of aromatic hydroxyl groups is 1. The van der Waals surface area contributed by atoms with Gasteiger partial charge in [-0.1, -0.05) is 23.7 Å². The molecule has 3 N–H and O–H groups in total. The van der Waals surface area contributed by atoms with Crippen LogP contribution in [-0.4, -0.2) is 39.0 Å². The number of pyridine rings is 1. The highest BCUT2D eigenvalue weighted by Gasteiger charge is 2.59. The number of hydrogen-bond acceptors (Lipinski definition) is 5. The molecule has 31 heavy (non-hydrogen) atoms. The molecule has 0 radical (unpaired) electrons. The average molecular weight is 475 g/mol. The topological polar surface area (TPSA) is 65.4 Å². The third-order valence-corrected chi connectivity index (χ3v) is 5.95. The van der Waals surface area contributed by atoms with Gasteiger partial charge in [-0.3, -0.25) is 4.98 Å². The van der Waals surface area contributed by atoms with Gasteiger partial charge in [0.15, 0.2) is 17.2 Å². The lowest BCUT2D eigenvalue weighted by Crippen LogP contribution is -2.54. The first-order chi connectivity index (χ1) is 14.5. The normalized spacial score (nSPS) is 15.0. The van der Waals surface area contributed by atoms with Crippen LogP contribution in [-0.2, 0) is 0 Å². The molecular formula is C21H19ClF4N2O2S. The number of alkyl halides is 3. The summed E-state index contributed by atoms with van der Waals surface area (Å²) < 4.78 is 57.1. The Balaban J connectivity index is 2.24. The molecule has 0 fully saturated rings.